The van der Waals surface area contributed by atoms with Crippen molar-refractivity contribution in [3.05, 3.63) is 85.5 Å². The number of non-ortho nitro benzene ring substituents is 1. The minimum atomic E-state index is -0.557. The summed E-state index contributed by atoms with van der Waals surface area (Å²) in [5.74, 6) is 0.775. The molecule has 0 unspecified atom stereocenters. The normalized spacial score (nSPS) is 12.0. The van der Waals surface area contributed by atoms with E-state index in [1.165, 1.54) is 40.2 Å². The van der Waals surface area contributed by atoms with E-state index >= 15 is 0 Å². The van der Waals surface area contributed by atoms with E-state index in [9.17, 15) is 24.5 Å². The first kappa shape index (κ1) is 26.4. The smallest absolute Gasteiger partial charge is 0.272 e. The third-order valence-corrected chi connectivity index (χ3v) is 7.82. The second kappa shape index (κ2) is 11.7. The van der Waals surface area contributed by atoms with Crippen molar-refractivity contribution in [2.75, 3.05) is 12.5 Å². The Morgan fingerprint density at radius 3 is 2.85 bits per heavy atom. The summed E-state index contributed by atoms with van der Waals surface area (Å²) in [4.78, 5) is 53.4. The summed E-state index contributed by atoms with van der Waals surface area (Å²) in [7, 11) is 0. The molecule has 0 aliphatic carbocycles. The fraction of sp³-hybridized carbons (Fsp3) is 0.231. The lowest BCUT2D eigenvalue weighted by Gasteiger charge is -2.12. The molecule has 0 spiro atoms. The van der Waals surface area contributed by atoms with Gasteiger partial charge in [0, 0.05) is 37.2 Å². The lowest BCUT2D eigenvalue weighted by molar-refractivity contribution is -0.384. The van der Waals surface area contributed by atoms with Gasteiger partial charge >= 0.3 is 0 Å². The van der Waals surface area contributed by atoms with Gasteiger partial charge in [-0.1, -0.05) is 30.0 Å². The number of rotatable bonds is 11. The Morgan fingerprint density at radius 1 is 1.15 bits per heavy atom. The van der Waals surface area contributed by atoms with Gasteiger partial charge in [0.25, 0.3) is 11.2 Å². The Kier molecular flexibility index (Phi) is 7.89. The molecule has 1 N–H and O–H groups in total. The van der Waals surface area contributed by atoms with Crippen molar-refractivity contribution in [2.24, 2.45) is 0 Å². The summed E-state index contributed by atoms with van der Waals surface area (Å²) in [5, 5.41) is 16.0. The molecule has 200 valence electrons. The number of nitro benzene ring substituents is 1. The number of hydrogen-bond acceptors (Lipinski definition) is 10. The summed E-state index contributed by atoms with van der Waals surface area (Å²) >= 11 is 2.37. The molecule has 0 radical (unpaired) electrons. The second-order valence-electron chi connectivity index (χ2n) is 8.57. The second-order valence-corrected chi connectivity index (χ2v) is 10.4. The molecule has 39 heavy (non-hydrogen) atoms. The van der Waals surface area contributed by atoms with Gasteiger partial charge in [0.05, 0.1) is 16.2 Å². The van der Waals surface area contributed by atoms with Gasteiger partial charge in [0.2, 0.25) is 12.7 Å². The average molecular weight is 567 g/mol. The minimum Gasteiger partial charge on any atom is -0.454 e. The number of aromatic nitrogens is 2. The lowest BCUT2D eigenvalue weighted by atomic mass is 10.1. The summed E-state index contributed by atoms with van der Waals surface area (Å²) in [5.41, 5.74) is 1.22. The summed E-state index contributed by atoms with van der Waals surface area (Å²) in [6.45, 7) is 0.753. The molecule has 0 saturated heterocycles. The van der Waals surface area contributed by atoms with Crippen LogP contribution in [0, 0.1) is 10.1 Å². The van der Waals surface area contributed by atoms with Crippen molar-refractivity contribution < 1.29 is 24.0 Å². The fourth-order valence-electron chi connectivity index (χ4n) is 3.97. The Morgan fingerprint density at radius 2 is 2.00 bits per heavy atom. The molecular formula is C26H22N4O7S2. The molecule has 0 atom stereocenters. The van der Waals surface area contributed by atoms with Gasteiger partial charge in [0.1, 0.15) is 4.70 Å². The van der Waals surface area contributed by atoms with Crippen LogP contribution in [0.2, 0.25) is 0 Å². The number of ether oxygens (including phenoxy) is 2. The average Bonchev–Trinajstić information content (AvgIpc) is 3.61. The molecule has 2 aromatic heterocycles. The van der Waals surface area contributed by atoms with Crippen molar-refractivity contribution in [3.8, 4) is 11.5 Å². The number of hydrogen-bond donors (Lipinski definition) is 1. The van der Waals surface area contributed by atoms with Crippen LogP contribution in [0.1, 0.15) is 28.8 Å². The molecule has 1 aliphatic rings. The fourth-order valence-corrected chi connectivity index (χ4v) is 5.67. The van der Waals surface area contributed by atoms with Gasteiger partial charge in [-0.15, -0.1) is 11.3 Å². The Bertz CT molecular complexity index is 1630. The number of benzene rings is 2. The molecule has 2 aromatic carbocycles. The highest BCUT2D eigenvalue weighted by Gasteiger charge is 2.17. The van der Waals surface area contributed by atoms with E-state index in [0.29, 0.717) is 39.8 Å². The van der Waals surface area contributed by atoms with Crippen LogP contribution in [-0.2, 0) is 17.9 Å². The van der Waals surface area contributed by atoms with Crippen LogP contribution in [-0.4, -0.2) is 38.7 Å². The van der Waals surface area contributed by atoms with E-state index in [1.807, 2.05) is 12.1 Å². The number of thiophene rings is 1. The maximum absolute atomic E-state index is 13.2. The van der Waals surface area contributed by atoms with Gasteiger partial charge in [-0.05, 0) is 35.6 Å². The number of nitro groups is 1. The van der Waals surface area contributed by atoms with Crippen LogP contribution in [0.3, 0.4) is 0 Å². The lowest BCUT2D eigenvalue weighted by Crippen LogP contribution is -2.26. The number of thioether (sulfide) groups is 1. The van der Waals surface area contributed by atoms with E-state index in [1.54, 1.807) is 17.5 Å². The maximum Gasteiger partial charge on any atom is 0.272 e. The first-order valence-electron chi connectivity index (χ1n) is 11.9. The van der Waals surface area contributed by atoms with E-state index in [-0.39, 0.29) is 54.0 Å². The van der Waals surface area contributed by atoms with Gasteiger partial charge in [-0.3, -0.25) is 29.1 Å². The Balaban J connectivity index is 1.22. The minimum absolute atomic E-state index is 0.0563. The molecule has 4 aromatic rings. The zero-order valence-electron chi connectivity index (χ0n) is 20.5. The summed E-state index contributed by atoms with van der Waals surface area (Å²) < 4.78 is 12.6. The SMILES string of the molecule is O=C(CCCn1c(SCC(=O)c2cccc([N+](=O)[O-])c2)nc2ccsc2c1=O)NCc1ccc2c(c1)OCO2. The van der Waals surface area contributed by atoms with E-state index < -0.39 is 4.92 Å². The number of carbonyl (C=O) groups is 2. The standard InChI is InChI=1S/C26H22N4O7S2/c31-20(17-3-1-4-18(12-17)30(34)35)14-39-26-28-19-8-10-38-24(19)25(33)29(26)9-2-5-23(32)27-13-16-6-7-21-22(11-16)37-15-36-21/h1,3-4,6-8,10-12H,2,5,9,13-15H2,(H,27,32). The molecular weight excluding hydrogens is 544 g/mol. The van der Waals surface area contributed by atoms with Crippen molar-refractivity contribution >= 4 is 50.7 Å². The molecule has 13 heteroatoms. The Labute approximate surface area is 229 Å². The van der Waals surface area contributed by atoms with Gasteiger partial charge < -0.3 is 14.8 Å². The molecule has 0 fully saturated rings. The van der Waals surface area contributed by atoms with Gasteiger partial charge in [-0.25, -0.2) is 4.98 Å². The monoisotopic (exact) mass is 566 g/mol. The zero-order chi connectivity index (χ0) is 27.4. The molecule has 0 bridgehead atoms. The Hall–Kier alpha value is -4.23. The van der Waals surface area contributed by atoms with Crippen molar-refractivity contribution in [1.82, 2.24) is 14.9 Å². The summed E-state index contributed by atoms with van der Waals surface area (Å²) in [6.07, 6.45) is 0.577. The molecule has 11 nitrogen and oxygen atoms in total. The van der Waals surface area contributed by atoms with Crippen molar-refractivity contribution in [2.45, 2.75) is 31.1 Å². The van der Waals surface area contributed by atoms with Crippen LogP contribution in [0.4, 0.5) is 5.69 Å². The number of carbonyl (C=O) groups excluding carboxylic acids is 2. The number of nitrogens with zero attached hydrogens (tertiary/aromatic N) is 3. The maximum atomic E-state index is 13.2. The number of ketones is 1. The van der Waals surface area contributed by atoms with Crippen LogP contribution < -0.4 is 20.3 Å². The van der Waals surface area contributed by atoms with E-state index in [4.69, 9.17) is 9.47 Å². The topological polar surface area (TPSA) is 143 Å². The number of fused-ring (bicyclic) bond motifs is 2. The van der Waals surface area contributed by atoms with Crippen molar-refractivity contribution in [3.63, 3.8) is 0 Å². The predicted octanol–water partition coefficient (Wildman–Crippen LogP) is 4.17. The van der Waals surface area contributed by atoms with Crippen molar-refractivity contribution in [1.29, 1.82) is 0 Å². The number of amides is 1. The highest BCUT2D eigenvalue weighted by Crippen LogP contribution is 2.32. The number of nitrogens with one attached hydrogen (secondary N) is 1. The van der Waals surface area contributed by atoms with Crippen LogP contribution in [0.5, 0.6) is 11.5 Å². The first-order valence-corrected chi connectivity index (χ1v) is 13.8. The molecule has 1 aliphatic heterocycles. The molecule has 0 saturated carbocycles. The predicted molar refractivity (Wildman–Crippen MR) is 146 cm³/mol. The van der Waals surface area contributed by atoms with Crippen LogP contribution in [0.25, 0.3) is 10.2 Å². The first-order chi connectivity index (χ1) is 18.9. The quantitative estimate of drug-likeness (QED) is 0.0930. The molecule has 5 rings (SSSR count). The number of Topliss-reactive ketones (excluding diaryl/α,β-unsaturated/α-hetero) is 1. The van der Waals surface area contributed by atoms with E-state index in [0.717, 1.165) is 17.3 Å². The van der Waals surface area contributed by atoms with Crippen LogP contribution in [0.15, 0.2) is 63.9 Å². The van der Waals surface area contributed by atoms with E-state index in [2.05, 4.69) is 10.3 Å². The highest BCUT2D eigenvalue weighted by atomic mass is 32.2. The molecule has 3 heterocycles. The third-order valence-electron chi connectivity index (χ3n) is 5.95. The van der Waals surface area contributed by atoms with Gasteiger partial charge in [0.15, 0.2) is 22.4 Å². The molecule has 1 amide bonds. The summed E-state index contributed by atoms with van der Waals surface area (Å²) in [6, 6.07) is 12.7. The van der Waals surface area contributed by atoms with Gasteiger partial charge in [-0.2, -0.15) is 0 Å². The zero-order valence-corrected chi connectivity index (χ0v) is 22.1. The highest BCUT2D eigenvalue weighted by molar-refractivity contribution is 7.99. The largest absolute Gasteiger partial charge is 0.454 e. The third kappa shape index (κ3) is 6.10. The van der Waals surface area contributed by atoms with Crippen LogP contribution >= 0.6 is 23.1 Å².